The quantitative estimate of drug-likeness (QED) is 0.883. The summed E-state index contributed by atoms with van der Waals surface area (Å²) in [6.45, 7) is 5.45. The summed E-state index contributed by atoms with van der Waals surface area (Å²) in [5.41, 5.74) is 6.76. The smallest absolute Gasteiger partial charge is 0.133 e. The molecule has 0 radical (unpaired) electrons. The Labute approximate surface area is 132 Å². The van der Waals surface area contributed by atoms with E-state index in [1.165, 1.54) is 72.4 Å². The highest BCUT2D eigenvalue weighted by Crippen LogP contribution is 2.41. The molecule has 22 heavy (non-hydrogen) atoms. The summed E-state index contributed by atoms with van der Waals surface area (Å²) in [5, 5.41) is 8.74. The monoisotopic (exact) mass is 295 g/mol. The molecular formula is C19H25N3. The Morgan fingerprint density at radius 2 is 2.00 bits per heavy atom. The molecule has 116 valence electrons. The van der Waals surface area contributed by atoms with Gasteiger partial charge >= 0.3 is 0 Å². The zero-order valence-electron chi connectivity index (χ0n) is 13.7. The Morgan fingerprint density at radius 3 is 2.77 bits per heavy atom. The number of nitrogens with one attached hydrogen (secondary N) is 1. The first-order valence-corrected chi connectivity index (χ1v) is 8.68. The van der Waals surface area contributed by atoms with Crippen LogP contribution in [0, 0.1) is 13.8 Å². The molecule has 4 rings (SSSR count). The maximum Gasteiger partial charge on any atom is 0.133 e. The van der Waals surface area contributed by atoms with Gasteiger partial charge in [-0.25, -0.2) is 4.68 Å². The molecule has 1 aromatic carbocycles. The van der Waals surface area contributed by atoms with Crippen LogP contribution in [0.4, 0.5) is 5.82 Å². The highest BCUT2D eigenvalue weighted by atomic mass is 15.3. The summed E-state index contributed by atoms with van der Waals surface area (Å²) < 4.78 is 2.19. The summed E-state index contributed by atoms with van der Waals surface area (Å²) in [6, 6.07) is 6.53. The normalized spacial score (nSPS) is 18.3. The van der Waals surface area contributed by atoms with E-state index in [1.54, 1.807) is 0 Å². The second kappa shape index (κ2) is 5.45. The number of benzene rings is 1. The van der Waals surface area contributed by atoms with E-state index in [9.17, 15) is 0 Å². The van der Waals surface area contributed by atoms with E-state index in [-0.39, 0.29) is 0 Å². The lowest BCUT2D eigenvalue weighted by molar-refractivity contribution is 0.406. The van der Waals surface area contributed by atoms with Crippen molar-refractivity contribution in [1.82, 2.24) is 9.78 Å². The molecule has 2 aromatic rings. The largest absolute Gasteiger partial charge is 0.370 e. The van der Waals surface area contributed by atoms with E-state index >= 15 is 0 Å². The van der Waals surface area contributed by atoms with Crippen LogP contribution in [0.5, 0.6) is 0 Å². The summed E-state index contributed by atoms with van der Waals surface area (Å²) in [7, 11) is 0. The number of aromatic nitrogens is 2. The topological polar surface area (TPSA) is 29.9 Å². The SMILES string of the molecule is Cc1cccc(-n2nc(C3CCC3)c3c2NCCCC3)c1C. The van der Waals surface area contributed by atoms with Crippen LogP contribution in [0.1, 0.15) is 60.4 Å². The second-order valence-electron chi connectivity index (χ2n) is 6.85. The Morgan fingerprint density at radius 1 is 1.14 bits per heavy atom. The molecule has 2 aliphatic rings. The van der Waals surface area contributed by atoms with Gasteiger partial charge in [-0.15, -0.1) is 0 Å². The minimum absolute atomic E-state index is 0.694. The summed E-state index contributed by atoms with van der Waals surface area (Å²) in [5.74, 6) is 1.95. The van der Waals surface area contributed by atoms with Crippen molar-refractivity contribution in [3.63, 3.8) is 0 Å². The molecule has 3 heteroatoms. The van der Waals surface area contributed by atoms with E-state index < -0.39 is 0 Å². The van der Waals surface area contributed by atoms with Crippen LogP contribution in [0.2, 0.25) is 0 Å². The van der Waals surface area contributed by atoms with Gasteiger partial charge in [0.1, 0.15) is 5.82 Å². The van der Waals surface area contributed by atoms with Crippen molar-refractivity contribution in [2.24, 2.45) is 0 Å². The van der Waals surface area contributed by atoms with E-state index in [1.807, 2.05) is 0 Å². The highest BCUT2D eigenvalue weighted by Gasteiger charge is 2.29. The van der Waals surface area contributed by atoms with Gasteiger partial charge in [-0.1, -0.05) is 18.6 Å². The zero-order valence-corrected chi connectivity index (χ0v) is 13.7. The highest BCUT2D eigenvalue weighted by molar-refractivity contribution is 5.57. The average Bonchev–Trinajstić information content (AvgIpc) is 2.66. The van der Waals surface area contributed by atoms with Crippen molar-refractivity contribution >= 4 is 5.82 Å². The van der Waals surface area contributed by atoms with Crippen molar-refractivity contribution in [2.75, 3.05) is 11.9 Å². The fourth-order valence-corrected chi connectivity index (χ4v) is 3.68. The molecule has 3 nitrogen and oxygen atoms in total. The summed E-state index contributed by atoms with van der Waals surface area (Å²) in [6.07, 6.45) is 7.71. The van der Waals surface area contributed by atoms with Gasteiger partial charge in [0, 0.05) is 18.0 Å². The van der Waals surface area contributed by atoms with Gasteiger partial charge in [0.05, 0.1) is 11.4 Å². The number of hydrogen-bond donors (Lipinski definition) is 1. The number of hydrogen-bond acceptors (Lipinski definition) is 2. The Balaban J connectivity index is 1.88. The van der Waals surface area contributed by atoms with Gasteiger partial charge in [0.2, 0.25) is 0 Å². The fourth-order valence-electron chi connectivity index (χ4n) is 3.68. The van der Waals surface area contributed by atoms with Crippen LogP contribution >= 0.6 is 0 Å². The van der Waals surface area contributed by atoms with Crippen LogP contribution in [0.3, 0.4) is 0 Å². The molecule has 1 aliphatic carbocycles. The molecule has 1 fully saturated rings. The van der Waals surface area contributed by atoms with Gasteiger partial charge in [-0.05, 0) is 63.1 Å². The lowest BCUT2D eigenvalue weighted by atomic mass is 9.81. The number of nitrogens with zero attached hydrogens (tertiary/aromatic N) is 2. The molecular weight excluding hydrogens is 270 g/mol. The van der Waals surface area contributed by atoms with Gasteiger partial charge in [0.25, 0.3) is 0 Å². The maximum atomic E-state index is 5.08. The first kappa shape index (κ1) is 13.9. The Hall–Kier alpha value is -1.77. The minimum Gasteiger partial charge on any atom is -0.370 e. The van der Waals surface area contributed by atoms with Crippen molar-refractivity contribution in [3.05, 3.63) is 40.6 Å². The van der Waals surface area contributed by atoms with Crippen LogP contribution < -0.4 is 5.32 Å². The minimum atomic E-state index is 0.694. The maximum absolute atomic E-state index is 5.08. The molecule has 1 saturated carbocycles. The summed E-state index contributed by atoms with van der Waals surface area (Å²) >= 11 is 0. The molecule has 1 aliphatic heterocycles. The van der Waals surface area contributed by atoms with Crippen molar-refractivity contribution in [3.8, 4) is 5.69 Å². The molecule has 1 aromatic heterocycles. The van der Waals surface area contributed by atoms with Crippen LogP contribution in [0.15, 0.2) is 18.2 Å². The summed E-state index contributed by atoms with van der Waals surface area (Å²) in [4.78, 5) is 0. The lowest BCUT2D eigenvalue weighted by Crippen LogP contribution is -2.12. The predicted molar refractivity (Wildman–Crippen MR) is 91.1 cm³/mol. The number of aryl methyl sites for hydroxylation is 1. The Bertz CT molecular complexity index is 695. The van der Waals surface area contributed by atoms with Gasteiger partial charge < -0.3 is 5.32 Å². The molecule has 0 amide bonds. The first-order chi connectivity index (χ1) is 10.8. The van der Waals surface area contributed by atoms with Crippen LogP contribution in [-0.2, 0) is 6.42 Å². The van der Waals surface area contributed by atoms with Gasteiger partial charge in [0.15, 0.2) is 0 Å². The molecule has 1 N–H and O–H groups in total. The molecule has 0 saturated heterocycles. The second-order valence-corrected chi connectivity index (χ2v) is 6.85. The lowest BCUT2D eigenvalue weighted by Gasteiger charge is -2.24. The van der Waals surface area contributed by atoms with E-state index in [2.05, 4.69) is 42.0 Å². The van der Waals surface area contributed by atoms with E-state index in [0.29, 0.717) is 5.92 Å². The van der Waals surface area contributed by atoms with Crippen molar-refractivity contribution in [1.29, 1.82) is 0 Å². The third kappa shape index (κ3) is 2.15. The molecule has 0 bridgehead atoms. The van der Waals surface area contributed by atoms with E-state index in [4.69, 9.17) is 5.10 Å². The number of anilines is 1. The molecule has 0 unspecified atom stereocenters. The molecule has 2 heterocycles. The van der Waals surface area contributed by atoms with E-state index in [0.717, 1.165) is 6.54 Å². The van der Waals surface area contributed by atoms with Gasteiger partial charge in [-0.2, -0.15) is 5.10 Å². The number of fused-ring (bicyclic) bond motifs is 1. The number of rotatable bonds is 2. The van der Waals surface area contributed by atoms with Crippen molar-refractivity contribution in [2.45, 2.75) is 58.3 Å². The first-order valence-electron chi connectivity index (χ1n) is 8.68. The van der Waals surface area contributed by atoms with Crippen LogP contribution in [0.25, 0.3) is 5.69 Å². The predicted octanol–water partition coefficient (Wildman–Crippen LogP) is 4.50. The van der Waals surface area contributed by atoms with Crippen LogP contribution in [-0.4, -0.2) is 16.3 Å². The third-order valence-corrected chi connectivity index (χ3v) is 5.46. The molecule has 0 spiro atoms. The fraction of sp³-hybridized carbons (Fsp3) is 0.526. The average molecular weight is 295 g/mol. The molecule has 0 atom stereocenters. The van der Waals surface area contributed by atoms with Gasteiger partial charge in [-0.3, -0.25) is 0 Å². The zero-order chi connectivity index (χ0) is 15.1. The Kier molecular flexibility index (Phi) is 3.44. The third-order valence-electron chi connectivity index (χ3n) is 5.46. The van der Waals surface area contributed by atoms with Crippen molar-refractivity contribution < 1.29 is 0 Å². The standard InChI is InChI=1S/C19H25N3/c1-13-7-5-11-17(14(13)2)22-19-16(10-3-4-12-20-19)18(21-22)15-8-6-9-15/h5,7,11,15,20H,3-4,6,8-10,12H2,1-2H3.